The van der Waals surface area contributed by atoms with Gasteiger partial charge in [-0.05, 0) is 24.3 Å². The van der Waals surface area contributed by atoms with Gasteiger partial charge in [0, 0.05) is 50.7 Å². The third-order valence-corrected chi connectivity index (χ3v) is 6.57. The number of rotatable bonds is 5. The van der Waals surface area contributed by atoms with Gasteiger partial charge in [-0.1, -0.05) is 0 Å². The molecule has 1 saturated heterocycles. The maximum absolute atomic E-state index is 12.8. The van der Waals surface area contributed by atoms with Crippen molar-refractivity contribution in [3.05, 3.63) is 65.2 Å². The molecule has 0 atom stereocenters. The van der Waals surface area contributed by atoms with E-state index in [2.05, 4.69) is 15.2 Å². The van der Waals surface area contributed by atoms with Gasteiger partial charge in [0.2, 0.25) is 10.0 Å². The summed E-state index contributed by atoms with van der Waals surface area (Å²) in [5.74, 6) is 1.31. The van der Waals surface area contributed by atoms with Crippen LogP contribution in [0.4, 0.5) is 11.5 Å². The molecule has 3 heterocycles. The van der Waals surface area contributed by atoms with Gasteiger partial charge in [-0.3, -0.25) is 14.7 Å². The number of imidazole rings is 1. The standard InChI is InChI=1S/C17H17N7O4S/c25-24(26)14-1-3-15(4-2-14)29(27,28)23-11-9-21(10-12-23)16-5-6-17(20-19-16)22-8-7-18-13-22/h1-8,13H,9-12H2. The summed E-state index contributed by atoms with van der Waals surface area (Å²) in [6.45, 7) is 1.49. The van der Waals surface area contributed by atoms with E-state index >= 15 is 0 Å². The SMILES string of the molecule is O=[N+]([O-])c1ccc(S(=O)(=O)N2CCN(c3ccc(-n4ccnc4)nn3)CC2)cc1. The first-order chi connectivity index (χ1) is 13.9. The Hall–Kier alpha value is -3.38. The van der Waals surface area contributed by atoms with E-state index in [1.54, 1.807) is 23.3 Å². The molecular weight excluding hydrogens is 398 g/mol. The number of benzene rings is 1. The van der Waals surface area contributed by atoms with Crippen LogP contribution in [0.1, 0.15) is 0 Å². The maximum atomic E-state index is 12.8. The Morgan fingerprint density at radius 2 is 1.59 bits per heavy atom. The zero-order valence-electron chi connectivity index (χ0n) is 15.2. The summed E-state index contributed by atoms with van der Waals surface area (Å²) in [7, 11) is -3.71. The molecule has 1 aromatic carbocycles. The van der Waals surface area contributed by atoms with Crippen LogP contribution in [-0.2, 0) is 10.0 Å². The number of nitrogens with zero attached hydrogens (tertiary/aromatic N) is 7. The molecule has 0 aliphatic carbocycles. The molecule has 4 rings (SSSR count). The van der Waals surface area contributed by atoms with Gasteiger partial charge in [0.25, 0.3) is 5.69 Å². The Kier molecular flexibility index (Phi) is 4.94. The summed E-state index contributed by atoms with van der Waals surface area (Å²) in [6.07, 6.45) is 5.05. The number of aromatic nitrogens is 4. The van der Waals surface area contributed by atoms with Crippen molar-refractivity contribution in [3.8, 4) is 5.82 Å². The van der Waals surface area contributed by atoms with E-state index in [9.17, 15) is 18.5 Å². The largest absolute Gasteiger partial charge is 0.352 e. The number of hydrogen-bond acceptors (Lipinski definition) is 8. The molecule has 0 bridgehead atoms. The summed E-state index contributed by atoms with van der Waals surface area (Å²) in [5.41, 5.74) is -0.147. The Morgan fingerprint density at radius 1 is 0.931 bits per heavy atom. The molecule has 2 aromatic heterocycles. The highest BCUT2D eigenvalue weighted by Crippen LogP contribution is 2.22. The van der Waals surface area contributed by atoms with E-state index in [1.165, 1.54) is 28.6 Å². The summed E-state index contributed by atoms with van der Waals surface area (Å²) in [4.78, 5) is 16.2. The molecule has 1 aliphatic heterocycles. The summed E-state index contributed by atoms with van der Waals surface area (Å²) in [5, 5.41) is 19.2. The second-order valence-electron chi connectivity index (χ2n) is 6.36. The zero-order valence-corrected chi connectivity index (χ0v) is 16.0. The number of piperazine rings is 1. The maximum Gasteiger partial charge on any atom is 0.269 e. The van der Waals surface area contributed by atoms with Crippen molar-refractivity contribution in [1.82, 2.24) is 24.1 Å². The first kappa shape index (κ1) is 19.0. The van der Waals surface area contributed by atoms with E-state index in [0.29, 0.717) is 24.7 Å². The molecule has 11 nitrogen and oxygen atoms in total. The van der Waals surface area contributed by atoms with E-state index < -0.39 is 14.9 Å². The van der Waals surface area contributed by atoms with Crippen LogP contribution in [0.25, 0.3) is 5.82 Å². The minimum absolute atomic E-state index is 0.0426. The highest BCUT2D eigenvalue weighted by molar-refractivity contribution is 7.89. The van der Waals surface area contributed by atoms with Gasteiger partial charge < -0.3 is 4.90 Å². The van der Waals surface area contributed by atoms with Crippen LogP contribution in [0.2, 0.25) is 0 Å². The molecule has 1 fully saturated rings. The van der Waals surface area contributed by atoms with Gasteiger partial charge in [-0.25, -0.2) is 13.4 Å². The van der Waals surface area contributed by atoms with Crippen LogP contribution in [0, 0.1) is 10.1 Å². The van der Waals surface area contributed by atoms with Gasteiger partial charge in [0.15, 0.2) is 11.6 Å². The van der Waals surface area contributed by atoms with Crippen molar-refractivity contribution in [1.29, 1.82) is 0 Å². The van der Waals surface area contributed by atoms with E-state index in [-0.39, 0.29) is 23.7 Å². The first-order valence-electron chi connectivity index (χ1n) is 8.77. The van der Waals surface area contributed by atoms with Crippen molar-refractivity contribution in [3.63, 3.8) is 0 Å². The fourth-order valence-corrected chi connectivity index (χ4v) is 4.49. The minimum Gasteiger partial charge on any atom is -0.352 e. The van der Waals surface area contributed by atoms with E-state index in [0.717, 1.165) is 0 Å². The lowest BCUT2D eigenvalue weighted by Crippen LogP contribution is -2.49. The molecule has 3 aromatic rings. The fraction of sp³-hybridized carbons (Fsp3) is 0.235. The monoisotopic (exact) mass is 415 g/mol. The molecule has 150 valence electrons. The number of nitro benzene ring substituents is 1. The van der Waals surface area contributed by atoms with Crippen LogP contribution < -0.4 is 4.90 Å². The van der Waals surface area contributed by atoms with Crippen LogP contribution >= 0.6 is 0 Å². The smallest absolute Gasteiger partial charge is 0.269 e. The number of nitro groups is 1. The van der Waals surface area contributed by atoms with E-state index in [1.807, 2.05) is 17.0 Å². The van der Waals surface area contributed by atoms with Gasteiger partial charge in [0.1, 0.15) is 6.33 Å². The van der Waals surface area contributed by atoms with Crippen molar-refractivity contribution < 1.29 is 13.3 Å². The van der Waals surface area contributed by atoms with Crippen LogP contribution in [-0.4, -0.2) is 63.6 Å². The molecule has 29 heavy (non-hydrogen) atoms. The number of hydrogen-bond donors (Lipinski definition) is 0. The van der Waals surface area contributed by atoms with Gasteiger partial charge in [-0.15, -0.1) is 10.2 Å². The molecule has 0 N–H and O–H groups in total. The average Bonchev–Trinajstić information content (AvgIpc) is 3.29. The summed E-state index contributed by atoms with van der Waals surface area (Å²) < 4.78 is 28.7. The minimum atomic E-state index is -3.71. The Labute approximate surface area is 166 Å². The second-order valence-corrected chi connectivity index (χ2v) is 8.30. The van der Waals surface area contributed by atoms with Crippen LogP contribution in [0.3, 0.4) is 0 Å². The highest BCUT2D eigenvalue weighted by Gasteiger charge is 2.29. The van der Waals surface area contributed by atoms with Crippen molar-refractivity contribution in [2.45, 2.75) is 4.90 Å². The third kappa shape index (κ3) is 3.79. The summed E-state index contributed by atoms with van der Waals surface area (Å²) >= 11 is 0. The quantitative estimate of drug-likeness (QED) is 0.447. The Bertz CT molecular complexity index is 1090. The average molecular weight is 415 g/mol. The molecule has 12 heteroatoms. The normalized spacial score (nSPS) is 15.4. The van der Waals surface area contributed by atoms with Crippen LogP contribution in [0.5, 0.6) is 0 Å². The predicted molar refractivity (Wildman–Crippen MR) is 103 cm³/mol. The lowest BCUT2D eigenvalue weighted by molar-refractivity contribution is -0.384. The molecule has 0 saturated carbocycles. The lowest BCUT2D eigenvalue weighted by atomic mass is 10.3. The fourth-order valence-electron chi connectivity index (χ4n) is 3.07. The number of non-ortho nitro benzene ring substituents is 1. The molecule has 0 spiro atoms. The third-order valence-electron chi connectivity index (χ3n) is 4.65. The Balaban J connectivity index is 1.42. The number of sulfonamides is 1. The predicted octanol–water partition coefficient (Wildman–Crippen LogP) is 1.08. The molecule has 0 amide bonds. The van der Waals surface area contributed by atoms with Crippen molar-refractivity contribution in [2.24, 2.45) is 0 Å². The molecular formula is C17H17N7O4S. The first-order valence-corrected chi connectivity index (χ1v) is 10.2. The van der Waals surface area contributed by atoms with Gasteiger partial charge in [-0.2, -0.15) is 4.31 Å². The highest BCUT2D eigenvalue weighted by atomic mass is 32.2. The molecule has 0 unspecified atom stereocenters. The van der Waals surface area contributed by atoms with Crippen LogP contribution in [0.15, 0.2) is 60.0 Å². The molecule has 0 radical (unpaired) electrons. The lowest BCUT2D eigenvalue weighted by Gasteiger charge is -2.34. The van der Waals surface area contributed by atoms with Gasteiger partial charge in [0.05, 0.1) is 9.82 Å². The van der Waals surface area contributed by atoms with Crippen molar-refractivity contribution in [2.75, 3.05) is 31.1 Å². The second kappa shape index (κ2) is 7.56. The van der Waals surface area contributed by atoms with E-state index in [4.69, 9.17) is 0 Å². The van der Waals surface area contributed by atoms with Gasteiger partial charge >= 0.3 is 0 Å². The Morgan fingerprint density at radius 3 is 2.14 bits per heavy atom. The topological polar surface area (TPSA) is 127 Å². The molecule has 1 aliphatic rings. The zero-order chi connectivity index (χ0) is 20.4. The number of anilines is 1. The summed E-state index contributed by atoms with van der Waals surface area (Å²) in [6, 6.07) is 8.58. The van der Waals surface area contributed by atoms with Crippen molar-refractivity contribution >= 4 is 21.5 Å².